The van der Waals surface area contributed by atoms with E-state index in [0.29, 0.717) is 11.4 Å². The van der Waals surface area contributed by atoms with Gasteiger partial charge in [-0.2, -0.15) is 0 Å². The molecule has 0 aliphatic carbocycles. The highest BCUT2D eigenvalue weighted by atomic mass is 32.2. The third-order valence-corrected chi connectivity index (χ3v) is 2.95. The molecule has 5 heteroatoms. The Morgan fingerprint density at radius 1 is 0.941 bits per heavy atom. The molecule has 0 aliphatic rings. The first kappa shape index (κ1) is 11.6. The smallest absolute Gasteiger partial charge is 0.266 e. The minimum Gasteiger partial charge on any atom is -0.508 e. The normalized spacial score (nSPS) is 12.1. The summed E-state index contributed by atoms with van der Waals surface area (Å²) in [6, 6.07) is 15.0. The van der Waals surface area contributed by atoms with Gasteiger partial charge in [0.1, 0.15) is 5.75 Å². The number of aromatic hydroxyl groups is 1. The van der Waals surface area contributed by atoms with Gasteiger partial charge in [0.2, 0.25) is 0 Å². The van der Waals surface area contributed by atoms with Crippen molar-refractivity contribution in [2.24, 2.45) is 0 Å². The van der Waals surface area contributed by atoms with Crippen molar-refractivity contribution in [1.82, 2.24) is 0 Å². The van der Waals surface area contributed by atoms with Crippen LogP contribution in [0.5, 0.6) is 5.75 Å². The fourth-order valence-corrected chi connectivity index (χ4v) is 2.11. The number of phenolic OH excluding ortho intramolecular Hbond substituents is 1. The molecule has 0 radical (unpaired) electrons. The van der Waals surface area contributed by atoms with Gasteiger partial charge in [-0.05, 0) is 24.3 Å². The van der Waals surface area contributed by atoms with Gasteiger partial charge in [-0.15, -0.1) is 0 Å². The molecular weight excluding hydrogens is 238 g/mol. The van der Waals surface area contributed by atoms with Crippen LogP contribution in [0.25, 0.3) is 0 Å². The second-order valence-electron chi connectivity index (χ2n) is 3.38. The lowest BCUT2D eigenvalue weighted by Crippen LogP contribution is -2.18. The van der Waals surface area contributed by atoms with E-state index in [1.54, 1.807) is 36.4 Å². The molecule has 1 atom stereocenters. The molecule has 0 bridgehead atoms. The first-order valence-electron chi connectivity index (χ1n) is 4.93. The van der Waals surface area contributed by atoms with Gasteiger partial charge in [-0.1, -0.05) is 24.3 Å². The average molecular weight is 249 g/mol. The Balaban J connectivity index is 2.47. The Morgan fingerprint density at radius 3 is 2.18 bits per heavy atom. The zero-order valence-corrected chi connectivity index (χ0v) is 9.67. The fourth-order valence-electron chi connectivity index (χ4n) is 1.51. The molecule has 4 nitrogen and oxygen atoms in total. The van der Waals surface area contributed by atoms with Crippen molar-refractivity contribution >= 4 is 22.6 Å². The summed E-state index contributed by atoms with van der Waals surface area (Å²) in [6.07, 6.45) is 0. The van der Waals surface area contributed by atoms with Gasteiger partial charge < -0.3 is 5.11 Å². The summed E-state index contributed by atoms with van der Waals surface area (Å²) in [5, 5.41) is 9.38. The van der Waals surface area contributed by atoms with Gasteiger partial charge in [0.05, 0.1) is 11.4 Å². The van der Waals surface area contributed by atoms with Gasteiger partial charge in [0.15, 0.2) is 0 Å². The molecule has 0 heterocycles. The Bertz CT molecular complexity index is 530. The summed E-state index contributed by atoms with van der Waals surface area (Å²) >= 11 is -2.19. The summed E-state index contributed by atoms with van der Waals surface area (Å²) in [7, 11) is 0. The van der Waals surface area contributed by atoms with Crippen LogP contribution in [-0.2, 0) is 11.3 Å². The lowest BCUT2D eigenvalue weighted by atomic mass is 10.2. The van der Waals surface area contributed by atoms with E-state index in [1.165, 1.54) is 16.4 Å². The van der Waals surface area contributed by atoms with Crippen LogP contribution < -0.4 is 4.31 Å². The van der Waals surface area contributed by atoms with E-state index in [1.807, 2.05) is 6.07 Å². The first-order chi connectivity index (χ1) is 8.18. The van der Waals surface area contributed by atoms with Crippen LogP contribution in [0.1, 0.15) is 0 Å². The molecule has 0 saturated carbocycles. The Labute approximate surface area is 102 Å². The lowest BCUT2D eigenvalue weighted by Gasteiger charge is -2.19. The van der Waals surface area contributed by atoms with Crippen LogP contribution in [0.3, 0.4) is 0 Å². The topological polar surface area (TPSA) is 60.8 Å². The number of hydrogen-bond donors (Lipinski definition) is 2. The van der Waals surface area contributed by atoms with E-state index in [4.69, 9.17) is 0 Å². The molecule has 2 aromatic carbocycles. The van der Waals surface area contributed by atoms with E-state index in [-0.39, 0.29) is 5.75 Å². The van der Waals surface area contributed by atoms with Gasteiger partial charge >= 0.3 is 0 Å². The summed E-state index contributed by atoms with van der Waals surface area (Å²) in [6.45, 7) is 0. The van der Waals surface area contributed by atoms with E-state index >= 15 is 0 Å². The van der Waals surface area contributed by atoms with Crippen LogP contribution in [0.2, 0.25) is 0 Å². The van der Waals surface area contributed by atoms with Gasteiger partial charge in [0, 0.05) is 6.07 Å². The molecule has 2 rings (SSSR count). The first-order valence-corrected chi connectivity index (χ1v) is 6.00. The van der Waals surface area contributed by atoms with Crippen molar-refractivity contribution in [2.45, 2.75) is 0 Å². The van der Waals surface area contributed by atoms with Crippen LogP contribution in [0.15, 0.2) is 54.6 Å². The number of anilines is 2. The standard InChI is InChI=1S/C12H11NO3S/c14-12-8-4-7-11(9-12)13(17(15)16)10-5-2-1-3-6-10/h1-9,14H,(H,15,16). The molecular formula is C12H11NO3S. The Kier molecular flexibility index (Phi) is 3.41. The van der Waals surface area contributed by atoms with Crippen molar-refractivity contribution in [3.05, 3.63) is 54.6 Å². The number of nitrogens with zero attached hydrogens (tertiary/aromatic N) is 1. The predicted octanol–water partition coefficient (Wildman–Crippen LogP) is 2.67. The number of benzene rings is 2. The molecule has 0 aromatic heterocycles. The van der Waals surface area contributed by atoms with Gasteiger partial charge in [-0.25, -0.2) is 8.51 Å². The van der Waals surface area contributed by atoms with Crippen LogP contribution in [0.4, 0.5) is 11.4 Å². The van der Waals surface area contributed by atoms with Crippen molar-refractivity contribution in [3.63, 3.8) is 0 Å². The molecule has 0 amide bonds. The van der Waals surface area contributed by atoms with Crippen LogP contribution in [-0.4, -0.2) is 13.9 Å². The fraction of sp³-hybridized carbons (Fsp3) is 0. The second-order valence-corrected chi connectivity index (χ2v) is 4.21. The Morgan fingerprint density at radius 2 is 1.59 bits per heavy atom. The summed E-state index contributed by atoms with van der Waals surface area (Å²) in [5.41, 5.74) is 1.04. The summed E-state index contributed by atoms with van der Waals surface area (Å²) in [5.74, 6) is 0.0499. The lowest BCUT2D eigenvalue weighted by molar-refractivity contribution is 0.475. The Hall–Kier alpha value is -1.85. The molecule has 17 heavy (non-hydrogen) atoms. The molecule has 0 fully saturated rings. The van der Waals surface area contributed by atoms with Crippen LogP contribution >= 0.6 is 0 Å². The molecule has 2 N–H and O–H groups in total. The number of rotatable bonds is 3. The minimum absolute atomic E-state index is 0.0499. The quantitative estimate of drug-likeness (QED) is 0.822. The maximum atomic E-state index is 11.4. The van der Waals surface area contributed by atoms with E-state index in [0.717, 1.165) is 0 Å². The highest BCUT2D eigenvalue weighted by Crippen LogP contribution is 2.28. The molecule has 88 valence electrons. The van der Waals surface area contributed by atoms with Crippen molar-refractivity contribution < 1.29 is 13.9 Å². The summed E-state index contributed by atoms with van der Waals surface area (Å²) in [4.78, 5) is 0. The second kappa shape index (κ2) is 4.99. The maximum Gasteiger partial charge on any atom is 0.266 e. The number of para-hydroxylation sites is 1. The van der Waals surface area contributed by atoms with Crippen molar-refractivity contribution in [2.75, 3.05) is 4.31 Å². The van der Waals surface area contributed by atoms with Crippen molar-refractivity contribution in [3.8, 4) is 5.75 Å². The molecule has 0 aliphatic heterocycles. The molecule has 0 saturated heterocycles. The van der Waals surface area contributed by atoms with E-state index in [2.05, 4.69) is 0 Å². The highest BCUT2D eigenvalue weighted by Gasteiger charge is 2.14. The average Bonchev–Trinajstić information content (AvgIpc) is 2.30. The third kappa shape index (κ3) is 2.64. The molecule has 0 spiro atoms. The zero-order chi connectivity index (χ0) is 12.3. The largest absolute Gasteiger partial charge is 0.508 e. The zero-order valence-electron chi connectivity index (χ0n) is 8.85. The highest BCUT2D eigenvalue weighted by molar-refractivity contribution is 7.81. The number of hydrogen-bond acceptors (Lipinski definition) is 2. The molecule has 1 unspecified atom stereocenters. The predicted molar refractivity (Wildman–Crippen MR) is 67.5 cm³/mol. The van der Waals surface area contributed by atoms with Gasteiger partial charge in [0.25, 0.3) is 11.3 Å². The van der Waals surface area contributed by atoms with E-state index < -0.39 is 11.3 Å². The SMILES string of the molecule is O=S(O)N(c1ccccc1)c1cccc(O)c1. The summed E-state index contributed by atoms with van der Waals surface area (Å²) < 4.78 is 21.9. The maximum absolute atomic E-state index is 11.4. The number of phenols is 1. The van der Waals surface area contributed by atoms with Crippen LogP contribution in [0, 0.1) is 0 Å². The monoisotopic (exact) mass is 249 g/mol. The minimum atomic E-state index is -2.19. The van der Waals surface area contributed by atoms with Crippen molar-refractivity contribution in [1.29, 1.82) is 0 Å². The van der Waals surface area contributed by atoms with E-state index in [9.17, 15) is 13.9 Å². The molecule has 2 aromatic rings. The third-order valence-electron chi connectivity index (χ3n) is 2.21. The van der Waals surface area contributed by atoms with Gasteiger partial charge in [-0.3, -0.25) is 4.55 Å².